The molecule has 0 amide bonds. The van der Waals surface area contributed by atoms with E-state index in [0.717, 1.165) is 18.4 Å². The number of rotatable bonds is 9. The first-order valence-corrected chi connectivity index (χ1v) is 10.0. The van der Waals surface area contributed by atoms with Gasteiger partial charge in [0.25, 0.3) is 0 Å². The predicted octanol–water partition coefficient (Wildman–Crippen LogP) is 4.10. The summed E-state index contributed by atoms with van der Waals surface area (Å²) in [6, 6.07) is 1.53. The van der Waals surface area contributed by atoms with E-state index in [4.69, 9.17) is 9.05 Å². The van der Waals surface area contributed by atoms with Crippen LogP contribution >= 0.6 is 0 Å². The molecule has 0 aliphatic heterocycles. The Hall–Kier alpha value is -2.97. The van der Waals surface area contributed by atoms with E-state index >= 15 is 0 Å². The highest BCUT2D eigenvalue weighted by Gasteiger charge is 2.39. The summed E-state index contributed by atoms with van der Waals surface area (Å²) >= 11 is 0. The molecular weight excluding hydrogens is 392 g/mol. The first-order valence-electron chi connectivity index (χ1n) is 10.0. The molecule has 1 fully saturated rings. The van der Waals surface area contributed by atoms with Gasteiger partial charge in [-0.25, -0.2) is 0 Å². The maximum absolute atomic E-state index is 12.5. The van der Waals surface area contributed by atoms with Gasteiger partial charge in [-0.15, -0.1) is 0 Å². The van der Waals surface area contributed by atoms with Gasteiger partial charge >= 0.3 is 11.9 Å². The van der Waals surface area contributed by atoms with Crippen LogP contribution in [0.1, 0.15) is 87.0 Å². The van der Waals surface area contributed by atoms with Gasteiger partial charge in [0, 0.05) is 23.0 Å². The monoisotopic (exact) mass is 418 g/mol. The zero-order valence-corrected chi connectivity index (χ0v) is 17.5. The largest absolute Gasteiger partial charge is 0.481 e. The number of carboxylic acid groups (broad SMARTS) is 2. The van der Waals surface area contributed by atoms with Crippen LogP contribution in [0.4, 0.5) is 0 Å². The Bertz CT molecular complexity index is 948. The van der Waals surface area contributed by atoms with Crippen molar-refractivity contribution >= 4 is 17.7 Å². The highest BCUT2D eigenvalue weighted by atomic mass is 16.5. The fraction of sp³-hybridized carbons (Fsp3) is 0.571. The van der Waals surface area contributed by atoms with E-state index in [1.165, 1.54) is 6.07 Å². The Labute approximate surface area is 173 Å². The summed E-state index contributed by atoms with van der Waals surface area (Å²) in [6.07, 6.45) is 2.27. The lowest BCUT2D eigenvalue weighted by atomic mass is 9.86. The van der Waals surface area contributed by atoms with Crippen LogP contribution in [0.2, 0.25) is 0 Å². The van der Waals surface area contributed by atoms with Crippen molar-refractivity contribution in [1.29, 1.82) is 0 Å². The summed E-state index contributed by atoms with van der Waals surface area (Å²) in [5.74, 6) is -4.15. The van der Waals surface area contributed by atoms with Crippen molar-refractivity contribution in [2.45, 2.75) is 65.2 Å². The van der Waals surface area contributed by atoms with Crippen LogP contribution in [0.5, 0.6) is 0 Å². The topological polar surface area (TPSA) is 144 Å². The molecule has 3 rings (SSSR count). The molecule has 0 bridgehead atoms. The van der Waals surface area contributed by atoms with E-state index in [1.54, 1.807) is 20.8 Å². The molecule has 0 radical (unpaired) electrons. The Morgan fingerprint density at radius 2 is 1.77 bits per heavy atom. The quantitative estimate of drug-likeness (QED) is 0.454. The van der Waals surface area contributed by atoms with E-state index in [2.05, 4.69) is 10.3 Å². The Kier molecular flexibility index (Phi) is 5.83. The van der Waals surface area contributed by atoms with Crippen LogP contribution in [-0.4, -0.2) is 38.2 Å². The number of carbonyl (C=O) groups is 3. The van der Waals surface area contributed by atoms with Crippen molar-refractivity contribution < 1.29 is 33.6 Å². The van der Waals surface area contributed by atoms with E-state index in [0.29, 0.717) is 23.6 Å². The van der Waals surface area contributed by atoms with Crippen LogP contribution in [0.3, 0.4) is 0 Å². The van der Waals surface area contributed by atoms with Gasteiger partial charge < -0.3 is 19.3 Å². The predicted molar refractivity (Wildman–Crippen MR) is 104 cm³/mol. The molecule has 2 N–H and O–H groups in total. The maximum Gasteiger partial charge on any atom is 0.317 e. The van der Waals surface area contributed by atoms with Crippen molar-refractivity contribution in [3.8, 4) is 11.5 Å². The van der Waals surface area contributed by atoms with Crippen LogP contribution in [-0.2, 0) is 9.59 Å². The first-order chi connectivity index (χ1) is 14.0. The van der Waals surface area contributed by atoms with Crippen molar-refractivity contribution in [3.63, 3.8) is 0 Å². The van der Waals surface area contributed by atoms with Gasteiger partial charge in [0.1, 0.15) is 0 Å². The number of Topliss-reactive ketones (excluding diaryl/α,β-unsaturated/α-hetero) is 1. The molecule has 0 unspecified atom stereocenters. The van der Waals surface area contributed by atoms with Gasteiger partial charge in [0.15, 0.2) is 17.4 Å². The molecule has 0 aromatic carbocycles. The fourth-order valence-electron chi connectivity index (χ4n) is 3.48. The second-order valence-corrected chi connectivity index (χ2v) is 8.81. The second kappa shape index (κ2) is 8.04. The number of hydrogen-bond donors (Lipinski definition) is 2. The number of carbonyl (C=O) groups excluding carboxylic acids is 1. The van der Waals surface area contributed by atoms with Gasteiger partial charge in [0.2, 0.25) is 11.5 Å². The minimum absolute atomic E-state index is 0.0839. The molecule has 1 saturated carbocycles. The summed E-state index contributed by atoms with van der Waals surface area (Å²) in [5, 5.41) is 26.7. The first kappa shape index (κ1) is 21.7. The Morgan fingerprint density at radius 1 is 1.13 bits per heavy atom. The lowest BCUT2D eigenvalue weighted by Gasteiger charge is -2.16. The van der Waals surface area contributed by atoms with Crippen LogP contribution in [0.15, 0.2) is 15.1 Å². The normalized spacial score (nSPS) is 15.4. The molecule has 162 valence electrons. The molecular formula is C21H26N2O7. The molecule has 1 aliphatic carbocycles. The average molecular weight is 418 g/mol. The summed E-state index contributed by atoms with van der Waals surface area (Å²) in [5.41, 5.74) is 1.10. The average Bonchev–Trinajstić information content (AvgIpc) is 3.21. The molecule has 9 heteroatoms. The second-order valence-electron chi connectivity index (χ2n) is 8.81. The van der Waals surface area contributed by atoms with E-state index in [9.17, 15) is 24.6 Å². The molecule has 1 atom stereocenters. The fourth-order valence-corrected chi connectivity index (χ4v) is 3.48. The standard InChI is InChI=1S/C21H26N2O7/c1-5-10(8-12(19(25)26)20(27)28)16-15(11-6-7-11)17(30-23-16)13-9-14(29-22-13)18(24)21(2,3)4/h9-12H,5-8H2,1-4H3,(H,25,26)(H,27,28)/t10-/m1/s1. The van der Waals surface area contributed by atoms with Crippen molar-refractivity contribution in [2.24, 2.45) is 11.3 Å². The minimum atomic E-state index is -1.52. The number of nitrogens with zero attached hydrogens (tertiary/aromatic N) is 2. The van der Waals surface area contributed by atoms with Gasteiger partial charge in [0.05, 0.1) is 5.69 Å². The number of hydrogen-bond acceptors (Lipinski definition) is 7. The molecule has 2 aromatic rings. The highest BCUT2D eigenvalue weighted by molar-refractivity contribution is 5.98. The number of aromatic nitrogens is 2. The van der Waals surface area contributed by atoms with Gasteiger partial charge in [-0.1, -0.05) is 38.0 Å². The van der Waals surface area contributed by atoms with Gasteiger partial charge in [-0.05, 0) is 31.6 Å². The molecule has 2 heterocycles. The SMILES string of the molecule is CC[C@H](CC(C(=O)O)C(=O)O)c1noc(-c2cc(C(=O)C(C)(C)C)on2)c1C1CC1. The summed E-state index contributed by atoms with van der Waals surface area (Å²) in [6.45, 7) is 7.21. The third kappa shape index (κ3) is 4.29. The van der Waals surface area contributed by atoms with Crippen LogP contribution in [0.25, 0.3) is 11.5 Å². The number of aliphatic carboxylic acids is 2. The summed E-state index contributed by atoms with van der Waals surface area (Å²) in [4.78, 5) is 35.2. The Morgan fingerprint density at radius 3 is 2.27 bits per heavy atom. The summed E-state index contributed by atoms with van der Waals surface area (Å²) < 4.78 is 10.8. The Balaban J connectivity index is 1.96. The van der Waals surface area contributed by atoms with Crippen molar-refractivity contribution in [1.82, 2.24) is 10.3 Å². The smallest absolute Gasteiger partial charge is 0.317 e. The number of ketones is 1. The molecule has 0 spiro atoms. The third-order valence-electron chi connectivity index (χ3n) is 5.39. The summed E-state index contributed by atoms with van der Waals surface area (Å²) in [7, 11) is 0. The van der Waals surface area contributed by atoms with Crippen molar-refractivity contribution in [3.05, 3.63) is 23.1 Å². The van der Waals surface area contributed by atoms with Crippen LogP contribution < -0.4 is 0 Å². The van der Waals surface area contributed by atoms with E-state index < -0.39 is 29.2 Å². The highest BCUT2D eigenvalue weighted by Crippen LogP contribution is 2.48. The molecule has 9 nitrogen and oxygen atoms in total. The lowest BCUT2D eigenvalue weighted by Crippen LogP contribution is -2.25. The van der Waals surface area contributed by atoms with Crippen LogP contribution in [0, 0.1) is 11.3 Å². The zero-order chi connectivity index (χ0) is 22.2. The molecule has 0 saturated heterocycles. The molecule has 1 aliphatic rings. The van der Waals surface area contributed by atoms with E-state index in [1.807, 2.05) is 6.92 Å². The van der Waals surface area contributed by atoms with Gasteiger partial charge in [-0.2, -0.15) is 0 Å². The third-order valence-corrected chi connectivity index (χ3v) is 5.39. The van der Waals surface area contributed by atoms with Crippen molar-refractivity contribution in [2.75, 3.05) is 0 Å². The maximum atomic E-state index is 12.5. The molecule has 30 heavy (non-hydrogen) atoms. The van der Waals surface area contributed by atoms with Gasteiger partial charge in [-0.3, -0.25) is 14.4 Å². The molecule has 2 aromatic heterocycles. The number of carboxylic acids is 2. The minimum Gasteiger partial charge on any atom is -0.481 e. The lowest BCUT2D eigenvalue weighted by molar-refractivity contribution is -0.155. The zero-order valence-electron chi connectivity index (χ0n) is 17.5. The van der Waals surface area contributed by atoms with E-state index in [-0.39, 0.29) is 23.9 Å².